The zero-order chi connectivity index (χ0) is 14.1. The summed E-state index contributed by atoms with van der Waals surface area (Å²) in [4.78, 5) is 14.0. The lowest BCUT2D eigenvalue weighted by atomic mass is 10.1. The lowest BCUT2D eigenvalue weighted by Crippen LogP contribution is -2.35. The third-order valence-corrected chi connectivity index (χ3v) is 3.14. The van der Waals surface area contributed by atoms with Crippen LogP contribution in [0.25, 0.3) is 0 Å². The van der Waals surface area contributed by atoms with Crippen molar-refractivity contribution in [3.63, 3.8) is 0 Å². The number of unbranched alkanes of at least 4 members (excludes halogenated alkanes) is 1. The monoisotopic (exact) mass is 282 g/mol. The molecule has 0 aliphatic heterocycles. The number of nitrogens with one attached hydrogen (secondary N) is 1. The molecule has 0 aliphatic rings. The molecule has 0 fully saturated rings. The number of carbonyl (C=O) groups is 1. The highest BCUT2D eigenvalue weighted by atomic mass is 35.5. The van der Waals surface area contributed by atoms with Crippen molar-refractivity contribution in [3.05, 3.63) is 35.9 Å². The van der Waals surface area contributed by atoms with Crippen molar-refractivity contribution in [1.29, 1.82) is 0 Å². The van der Waals surface area contributed by atoms with E-state index in [4.69, 9.17) is 11.6 Å². The van der Waals surface area contributed by atoms with Gasteiger partial charge in [-0.1, -0.05) is 30.3 Å². The minimum atomic E-state index is 0.0414. The topological polar surface area (TPSA) is 32.3 Å². The molecule has 1 N–H and O–H groups in total. The fraction of sp³-hybridized carbons (Fsp3) is 0.533. The number of hydrogen-bond acceptors (Lipinski definition) is 2. The summed E-state index contributed by atoms with van der Waals surface area (Å²) in [7, 11) is 4.02. The SMILES string of the molecule is CN(C)CC(NC(=O)CCCCCl)c1ccccc1. The van der Waals surface area contributed by atoms with Gasteiger partial charge in [0.15, 0.2) is 0 Å². The predicted octanol–water partition coefficient (Wildman–Crippen LogP) is 2.81. The maximum atomic E-state index is 11.9. The second-order valence-electron chi connectivity index (χ2n) is 4.94. The molecule has 0 aromatic heterocycles. The maximum absolute atomic E-state index is 11.9. The van der Waals surface area contributed by atoms with E-state index in [-0.39, 0.29) is 11.9 Å². The fourth-order valence-electron chi connectivity index (χ4n) is 1.93. The van der Waals surface area contributed by atoms with Gasteiger partial charge in [0.05, 0.1) is 6.04 Å². The van der Waals surface area contributed by atoms with Gasteiger partial charge >= 0.3 is 0 Å². The van der Waals surface area contributed by atoms with Crippen LogP contribution in [0.5, 0.6) is 0 Å². The van der Waals surface area contributed by atoms with E-state index in [2.05, 4.69) is 10.2 Å². The second kappa shape index (κ2) is 8.94. The van der Waals surface area contributed by atoms with E-state index < -0.39 is 0 Å². The number of alkyl halides is 1. The minimum absolute atomic E-state index is 0.0414. The van der Waals surface area contributed by atoms with Gasteiger partial charge in [0.2, 0.25) is 5.91 Å². The number of rotatable bonds is 8. The van der Waals surface area contributed by atoms with E-state index in [1.807, 2.05) is 44.4 Å². The Kier molecular flexibility index (Phi) is 7.53. The molecule has 1 unspecified atom stereocenters. The van der Waals surface area contributed by atoms with Crippen LogP contribution in [-0.4, -0.2) is 37.3 Å². The lowest BCUT2D eigenvalue weighted by Gasteiger charge is -2.23. The zero-order valence-corrected chi connectivity index (χ0v) is 12.5. The van der Waals surface area contributed by atoms with Gasteiger partial charge in [0.25, 0.3) is 0 Å². The van der Waals surface area contributed by atoms with Crippen LogP contribution in [0.2, 0.25) is 0 Å². The van der Waals surface area contributed by atoms with Gasteiger partial charge in [-0.05, 0) is 32.5 Å². The molecule has 1 aromatic carbocycles. The van der Waals surface area contributed by atoms with Crippen molar-refractivity contribution in [2.45, 2.75) is 25.3 Å². The Bertz CT molecular complexity index is 368. The number of nitrogens with zero attached hydrogens (tertiary/aromatic N) is 1. The fourth-order valence-corrected chi connectivity index (χ4v) is 2.12. The molecular formula is C15H23ClN2O. The first-order valence-corrected chi connectivity index (χ1v) is 7.22. The van der Waals surface area contributed by atoms with Crippen LogP contribution in [0.1, 0.15) is 30.9 Å². The van der Waals surface area contributed by atoms with Crippen molar-refractivity contribution in [3.8, 4) is 0 Å². The normalized spacial score (nSPS) is 12.4. The largest absolute Gasteiger partial charge is 0.348 e. The Balaban J connectivity index is 2.57. The number of carbonyl (C=O) groups excluding carboxylic acids is 1. The average Bonchev–Trinajstić information content (AvgIpc) is 2.39. The van der Waals surface area contributed by atoms with E-state index in [0.29, 0.717) is 12.3 Å². The van der Waals surface area contributed by atoms with Crippen LogP contribution in [0.4, 0.5) is 0 Å². The zero-order valence-electron chi connectivity index (χ0n) is 11.7. The minimum Gasteiger partial charge on any atom is -0.348 e. The van der Waals surface area contributed by atoms with Gasteiger partial charge in [-0.2, -0.15) is 0 Å². The molecule has 0 bridgehead atoms. The summed E-state index contributed by atoms with van der Waals surface area (Å²) in [5.41, 5.74) is 1.14. The quantitative estimate of drug-likeness (QED) is 0.587. The van der Waals surface area contributed by atoms with Gasteiger partial charge < -0.3 is 10.2 Å². The summed E-state index contributed by atoms with van der Waals surface area (Å²) in [6.45, 7) is 0.797. The van der Waals surface area contributed by atoms with Crippen LogP contribution in [0.15, 0.2) is 30.3 Å². The summed E-state index contributed by atoms with van der Waals surface area (Å²) >= 11 is 5.62. The third kappa shape index (κ3) is 6.60. The van der Waals surface area contributed by atoms with Crippen molar-refractivity contribution >= 4 is 17.5 Å². The van der Waals surface area contributed by atoms with E-state index in [0.717, 1.165) is 24.9 Å². The standard InChI is InChI=1S/C15H23ClN2O/c1-18(2)12-14(13-8-4-3-5-9-13)17-15(19)10-6-7-11-16/h3-5,8-9,14H,6-7,10-12H2,1-2H3,(H,17,19). The van der Waals surface area contributed by atoms with Crippen molar-refractivity contribution in [2.75, 3.05) is 26.5 Å². The molecule has 4 heteroatoms. The molecule has 0 spiro atoms. The first kappa shape index (κ1) is 16.0. The Labute approximate surface area is 120 Å². The van der Waals surface area contributed by atoms with E-state index in [9.17, 15) is 4.79 Å². The van der Waals surface area contributed by atoms with Gasteiger partial charge in [-0.3, -0.25) is 4.79 Å². The maximum Gasteiger partial charge on any atom is 0.220 e. The number of amides is 1. The molecule has 1 atom stereocenters. The van der Waals surface area contributed by atoms with Gasteiger partial charge in [0.1, 0.15) is 0 Å². The second-order valence-corrected chi connectivity index (χ2v) is 5.32. The Morgan fingerprint density at radius 2 is 1.95 bits per heavy atom. The average molecular weight is 283 g/mol. The Morgan fingerprint density at radius 3 is 2.53 bits per heavy atom. The molecule has 0 saturated carbocycles. The van der Waals surface area contributed by atoms with Crippen molar-refractivity contribution in [1.82, 2.24) is 10.2 Å². The molecule has 1 aromatic rings. The van der Waals surface area contributed by atoms with Gasteiger partial charge in [0, 0.05) is 18.8 Å². The molecule has 1 rings (SSSR count). The van der Waals surface area contributed by atoms with E-state index in [1.54, 1.807) is 0 Å². The highest BCUT2D eigenvalue weighted by Crippen LogP contribution is 2.13. The van der Waals surface area contributed by atoms with Crippen LogP contribution in [-0.2, 0) is 4.79 Å². The molecule has 0 radical (unpaired) electrons. The predicted molar refractivity (Wildman–Crippen MR) is 80.5 cm³/mol. The van der Waals surface area contributed by atoms with Crippen LogP contribution < -0.4 is 5.32 Å². The third-order valence-electron chi connectivity index (χ3n) is 2.87. The van der Waals surface area contributed by atoms with Crippen LogP contribution in [0, 0.1) is 0 Å². The first-order chi connectivity index (χ1) is 9.13. The molecule has 1 amide bonds. The first-order valence-electron chi connectivity index (χ1n) is 6.68. The summed E-state index contributed by atoms with van der Waals surface area (Å²) in [5, 5.41) is 3.10. The summed E-state index contributed by atoms with van der Waals surface area (Å²) in [5.74, 6) is 0.716. The van der Waals surface area contributed by atoms with E-state index in [1.165, 1.54) is 0 Å². The molecule has 0 heterocycles. The molecule has 0 saturated heterocycles. The smallest absolute Gasteiger partial charge is 0.220 e. The summed E-state index contributed by atoms with van der Waals surface area (Å²) in [6, 6.07) is 10.1. The number of benzene rings is 1. The van der Waals surface area contributed by atoms with E-state index >= 15 is 0 Å². The molecule has 3 nitrogen and oxygen atoms in total. The van der Waals surface area contributed by atoms with Gasteiger partial charge in [-0.25, -0.2) is 0 Å². The Morgan fingerprint density at radius 1 is 1.26 bits per heavy atom. The van der Waals surface area contributed by atoms with Crippen molar-refractivity contribution < 1.29 is 4.79 Å². The summed E-state index contributed by atoms with van der Waals surface area (Å²) < 4.78 is 0. The number of hydrogen-bond donors (Lipinski definition) is 1. The number of halogens is 1. The molecule has 0 aliphatic carbocycles. The highest BCUT2D eigenvalue weighted by Gasteiger charge is 2.14. The molecule has 19 heavy (non-hydrogen) atoms. The van der Waals surface area contributed by atoms with Crippen LogP contribution >= 0.6 is 11.6 Å². The molecule has 106 valence electrons. The van der Waals surface area contributed by atoms with Gasteiger partial charge in [-0.15, -0.1) is 11.6 Å². The Hall–Kier alpha value is -1.06. The van der Waals surface area contributed by atoms with Crippen molar-refractivity contribution in [2.24, 2.45) is 0 Å². The summed E-state index contributed by atoms with van der Waals surface area (Å²) in [6.07, 6.45) is 2.28. The lowest BCUT2D eigenvalue weighted by molar-refractivity contribution is -0.122. The highest BCUT2D eigenvalue weighted by molar-refractivity contribution is 6.17. The van der Waals surface area contributed by atoms with Crippen LogP contribution in [0.3, 0.4) is 0 Å². The number of likely N-dealkylation sites (N-methyl/N-ethyl adjacent to an activating group) is 1. The molecular weight excluding hydrogens is 260 g/mol.